The molecule has 0 saturated heterocycles. The van der Waals surface area contributed by atoms with Crippen LogP contribution in [0.3, 0.4) is 0 Å². The molecule has 0 amide bonds. The van der Waals surface area contributed by atoms with Crippen LogP contribution in [0.5, 0.6) is 11.5 Å². The van der Waals surface area contributed by atoms with Crippen molar-refractivity contribution in [2.24, 2.45) is 0 Å². The van der Waals surface area contributed by atoms with Gasteiger partial charge in [-0.3, -0.25) is 0 Å². The van der Waals surface area contributed by atoms with Crippen LogP contribution in [0.1, 0.15) is 5.56 Å². The zero-order valence-corrected chi connectivity index (χ0v) is 16.5. The molecular formula is C19H16Cl2N2O2S. The highest BCUT2D eigenvalue weighted by Crippen LogP contribution is 2.33. The van der Waals surface area contributed by atoms with Crippen LogP contribution >= 0.6 is 35.0 Å². The number of rotatable bonds is 6. The third kappa shape index (κ3) is 4.41. The second-order valence-electron chi connectivity index (χ2n) is 5.36. The van der Waals surface area contributed by atoms with Crippen LogP contribution in [0.15, 0.2) is 53.6 Å². The Labute approximate surface area is 166 Å². The van der Waals surface area contributed by atoms with Gasteiger partial charge in [-0.1, -0.05) is 41.0 Å². The maximum atomic E-state index is 6.04. The minimum absolute atomic E-state index is 0.554. The maximum Gasteiger partial charge on any atom is 0.132 e. The number of nitrogens with zero attached hydrogens (tertiary/aromatic N) is 2. The molecule has 2 aromatic carbocycles. The van der Waals surface area contributed by atoms with Gasteiger partial charge in [0.25, 0.3) is 0 Å². The highest BCUT2D eigenvalue weighted by atomic mass is 35.5. The molecule has 0 spiro atoms. The van der Waals surface area contributed by atoms with E-state index in [0.29, 0.717) is 15.8 Å². The monoisotopic (exact) mass is 406 g/mol. The molecule has 0 atom stereocenters. The Hall–Kier alpha value is -1.95. The minimum atomic E-state index is 0.554. The summed E-state index contributed by atoms with van der Waals surface area (Å²) in [4.78, 5) is 0. The summed E-state index contributed by atoms with van der Waals surface area (Å²) in [5, 5.41) is 10.5. The molecule has 0 unspecified atom stereocenters. The van der Waals surface area contributed by atoms with E-state index in [-0.39, 0.29) is 0 Å². The fourth-order valence-electron chi connectivity index (χ4n) is 2.34. The summed E-state index contributed by atoms with van der Waals surface area (Å²) in [6, 6.07) is 15.1. The van der Waals surface area contributed by atoms with Gasteiger partial charge >= 0.3 is 0 Å². The number of thioether (sulfide) groups is 1. The molecule has 0 N–H and O–H groups in total. The highest BCUT2D eigenvalue weighted by molar-refractivity contribution is 7.98. The lowest BCUT2D eigenvalue weighted by Crippen LogP contribution is -1.94. The van der Waals surface area contributed by atoms with Gasteiger partial charge in [0, 0.05) is 17.4 Å². The first-order valence-corrected chi connectivity index (χ1v) is 9.47. The first-order valence-electron chi connectivity index (χ1n) is 7.73. The third-order valence-electron chi connectivity index (χ3n) is 3.70. The molecule has 7 heteroatoms. The molecular weight excluding hydrogens is 391 g/mol. The molecule has 1 aromatic heterocycles. The van der Waals surface area contributed by atoms with Crippen LogP contribution in [0.25, 0.3) is 11.3 Å². The second kappa shape index (κ2) is 8.62. The van der Waals surface area contributed by atoms with Gasteiger partial charge in [0.1, 0.15) is 16.5 Å². The van der Waals surface area contributed by atoms with E-state index in [4.69, 9.17) is 32.7 Å². The summed E-state index contributed by atoms with van der Waals surface area (Å²) in [5.74, 6) is 2.15. The zero-order chi connectivity index (χ0) is 18.5. The molecule has 0 radical (unpaired) electrons. The van der Waals surface area contributed by atoms with Crippen molar-refractivity contribution < 1.29 is 9.47 Å². The van der Waals surface area contributed by atoms with Gasteiger partial charge in [-0.2, -0.15) is 0 Å². The quantitative estimate of drug-likeness (QED) is 0.486. The van der Waals surface area contributed by atoms with Crippen molar-refractivity contribution in [1.82, 2.24) is 10.2 Å². The number of halogens is 2. The smallest absolute Gasteiger partial charge is 0.132 e. The van der Waals surface area contributed by atoms with Crippen molar-refractivity contribution in [3.8, 4) is 22.8 Å². The lowest BCUT2D eigenvalue weighted by Gasteiger charge is -2.10. The Bertz CT molecular complexity index is 905. The van der Waals surface area contributed by atoms with Crippen molar-refractivity contribution in [3.63, 3.8) is 0 Å². The number of benzene rings is 2. The molecule has 0 aliphatic carbocycles. The summed E-state index contributed by atoms with van der Waals surface area (Å²) in [5.41, 5.74) is 2.68. The van der Waals surface area contributed by atoms with Gasteiger partial charge < -0.3 is 9.47 Å². The number of hydrogen-bond acceptors (Lipinski definition) is 5. The molecule has 3 aromatic rings. The van der Waals surface area contributed by atoms with Gasteiger partial charge in [-0.25, -0.2) is 0 Å². The van der Waals surface area contributed by atoms with E-state index >= 15 is 0 Å². The highest BCUT2D eigenvalue weighted by Gasteiger charge is 2.10. The van der Waals surface area contributed by atoms with E-state index in [2.05, 4.69) is 10.2 Å². The van der Waals surface area contributed by atoms with Gasteiger partial charge in [0.05, 0.1) is 30.0 Å². The van der Waals surface area contributed by atoms with Crippen molar-refractivity contribution in [3.05, 3.63) is 64.1 Å². The lowest BCUT2D eigenvalue weighted by molar-refractivity contribution is 0.395. The molecule has 3 rings (SSSR count). The second-order valence-corrected chi connectivity index (χ2v) is 7.17. The van der Waals surface area contributed by atoms with E-state index < -0.39 is 0 Å². The van der Waals surface area contributed by atoms with E-state index in [9.17, 15) is 0 Å². The first kappa shape index (κ1) is 18.8. The summed E-state index contributed by atoms with van der Waals surface area (Å²) in [6.07, 6.45) is 0. The van der Waals surface area contributed by atoms with Crippen LogP contribution in [0, 0.1) is 0 Å². The van der Waals surface area contributed by atoms with Gasteiger partial charge in [-0.05, 0) is 42.0 Å². The predicted molar refractivity (Wildman–Crippen MR) is 107 cm³/mol. The molecule has 0 saturated carbocycles. The van der Waals surface area contributed by atoms with E-state index in [1.807, 2.05) is 42.5 Å². The number of methoxy groups -OCH3 is 2. The van der Waals surface area contributed by atoms with E-state index in [1.54, 1.807) is 32.0 Å². The molecule has 26 heavy (non-hydrogen) atoms. The molecule has 1 heterocycles. The Balaban J connectivity index is 1.73. The maximum absolute atomic E-state index is 6.04. The molecule has 134 valence electrons. The van der Waals surface area contributed by atoms with E-state index in [1.165, 1.54) is 0 Å². The lowest BCUT2D eigenvalue weighted by atomic mass is 10.1. The standard InChI is InChI=1S/C19H16Cl2N2O2S/c1-24-13-4-5-14(18(10-13)25-2)17-7-8-19(23-22-17)26-11-12-3-6-15(20)16(21)9-12/h3-10H,11H2,1-2H3. The SMILES string of the molecule is COc1ccc(-c2ccc(SCc3ccc(Cl)c(Cl)c3)nn2)c(OC)c1. The molecule has 0 bridgehead atoms. The summed E-state index contributed by atoms with van der Waals surface area (Å²) in [7, 11) is 3.24. The first-order chi connectivity index (χ1) is 12.6. The summed E-state index contributed by atoms with van der Waals surface area (Å²) in [6.45, 7) is 0. The molecule has 0 aliphatic rings. The van der Waals surface area contributed by atoms with Crippen LogP contribution < -0.4 is 9.47 Å². The van der Waals surface area contributed by atoms with Crippen LogP contribution in [-0.4, -0.2) is 24.4 Å². The number of ether oxygens (including phenoxy) is 2. The Morgan fingerprint density at radius 3 is 2.38 bits per heavy atom. The van der Waals surface area contributed by atoms with E-state index in [0.717, 1.165) is 33.3 Å². The van der Waals surface area contributed by atoms with Crippen LogP contribution in [-0.2, 0) is 5.75 Å². The topological polar surface area (TPSA) is 44.2 Å². The van der Waals surface area contributed by atoms with Crippen molar-refractivity contribution in [2.75, 3.05) is 14.2 Å². The Morgan fingerprint density at radius 2 is 1.73 bits per heavy atom. The fraction of sp³-hybridized carbons (Fsp3) is 0.158. The van der Waals surface area contributed by atoms with Gasteiger partial charge in [-0.15, -0.1) is 10.2 Å². The zero-order valence-electron chi connectivity index (χ0n) is 14.2. The van der Waals surface area contributed by atoms with Crippen molar-refractivity contribution in [1.29, 1.82) is 0 Å². The molecule has 0 fully saturated rings. The number of aromatic nitrogens is 2. The fourth-order valence-corrected chi connectivity index (χ4v) is 3.42. The third-order valence-corrected chi connectivity index (χ3v) is 5.43. The Morgan fingerprint density at radius 1 is 0.885 bits per heavy atom. The van der Waals surface area contributed by atoms with Crippen molar-refractivity contribution >= 4 is 35.0 Å². The van der Waals surface area contributed by atoms with Gasteiger partial charge in [0.2, 0.25) is 0 Å². The molecule has 4 nitrogen and oxygen atoms in total. The predicted octanol–water partition coefficient (Wildman–Crippen LogP) is 5.76. The molecule has 0 aliphatic heterocycles. The average molecular weight is 407 g/mol. The van der Waals surface area contributed by atoms with Crippen molar-refractivity contribution in [2.45, 2.75) is 10.8 Å². The largest absolute Gasteiger partial charge is 0.497 e. The van der Waals surface area contributed by atoms with Crippen LogP contribution in [0.4, 0.5) is 0 Å². The normalized spacial score (nSPS) is 10.6. The van der Waals surface area contributed by atoms with Gasteiger partial charge in [0.15, 0.2) is 0 Å². The van der Waals surface area contributed by atoms with Crippen LogP contribution in [0.2, 0.25) is 10.0 Å². The average Bonchev–Trinajstić information content (AvgIpc) is 2.68. The number of hydrogen-bond donors (Lipinski definition) is 0. The Kier molecular flexibility index (Phi) is 6.25. The minimum Gasteiger partial charge on any atom is -0.497 e. The summed E-state index contributed by atoms with van der Waals surface area (Å²) < 4.78 is 10.6. The summed E-state index contributed by atoms with van der Waals surface area (Å²) >= 11 is 13.6.